The standard InChI is InChI=1S/C17H15Cl2N3O3/c1-3-17(2)15(23)22(16(24)21-17)20-9-11-5-7-14(25-11)12-8-10(18)4-6-13(12)19/h4-9H,3H2,1-2H3,(H,21,24)/b20-9-/t17-/m0/s1. The fourth-order valence-corrected chi connectivity index (χ4v) is 2.76. The summed E-state index contributed by atoms with van der Waals surface area (Å²) >= 11 is 12.1. The summed E-state index contributed by atoms with van der Waals surface area (Å²) in [7, 11) is 0. The van der Waals surface area contributed by atoms with E-state index in [2.05, 4.69) is 10.4 Å². The normalized spacial score (nSPS) is 20.6. The minimum Gasteiger partial charge on any atom is -0.455 e. The van der Waals surface area contributed by atoms with E-state index in [0.717, 1.165) is 5.01 Å². The summed E-state index contributed by atoms with van der Waals surface area (Å²) in [5.41, 5.74) is -0.292. The average Bonchev–Trinajstić information content (AvgIpc) is 3.13. The molecular weight excluding hydrogens is 365 g/mol. The Bertz CT molecular complexity index is 878. The number of benzene rings is 1. The third-order valence-electron chi connectivity index (χ3n) is 4.07. The van der Waals surface area contributed by atoms with Crippen molar-refractivity contribution in [2.24, 2.45) is 5.10 Å². The lowest BCUT2D eigenvalue weighted by Crippen LogP contribution is -2.42. The molecular formula is C17H15Cl2N3O3. The largest absolute Gasteiger partial charge is 0.455 e. The number of urea groups is 1. The average molecular weight is 380 g/mol. The summed E-state index contributed by atoms with van der Waals surface area (Å²) in [5.74, 6) is 0.474. The van der Waals surface area contributed by atoms with E-state index in [4.69, 9.17) is 27.6 Å². The lowest BCUT2D eigenvalue weighted by atomic mass is 10.00. The van der Waals surface area contributed by atoms with E-state index < -0.39 is 17.5 Å². The van der Waals surface area contributed by atoms with Crippen LogP contribution in [0.3, 0.4) is 0 Å². The van der Waals surface area contributed by atoms with Gasteiger partial charge in [-0.1, -0.05) is 30.1 Å². The summed E-state index contributed by atoms with van der Waals surface area (Å²) in [4.78, 5) is 24.2. The molecule has 6 nitrogen and oxygen atoms in total. The highest BCUT2D eigenvalue weighted by molar-refractivity contribution is 6.35. The van der Waals surface area contributed by atoms with Gasteiger partial charge in [-0.25, -0.2) is 4.79 Å². The first-order chi connectivity index (χ1) is 11.8. The number of furan rings is 1. The zero-order valence-corrected chi connectivity index (χ0v) is 15.1. The molecule has 0 radical (unpaired) electrons. The maximum Gasteiger partial charge on any atom is 0.346 e. The number of carbonyl (C=O) groups excluding carboxylic acids is 2. The van der Waals surface area contributed by atoms with Gasteiger partial charge in [-0.15, -0.1) is 5.01 Å². The van der Waals surface area contributed by atoms with Gasteiger partial charge in [-0.2, -0.15) is 5.10 Å². The van der Waals surface area contributed by atoms with Crippen molar-refractivity contribution >= 4 is 41.4 Å². The van der Waals surface area contributed by atoms with Crippen LogP contribution < -0.4 is 5.32 Å². The van der Waals surface area contributed by atoms with Crippen molar-refractivity contribution in [1.29, 1.82) is 0 Å². The molecule has 0 saturated carbocycles. The quantitative estimate of drug-likeness (QED) is 0.635. The molecule has 25 heavy (non-hydrogen) atoms. The van der Waals surface area contributed by atoms with E-state index in [-0.39, 0.29) is 0 Å². The van der Waals surface area contributed by atoms with Gasteiger partial charge in [-0.3, -0.25) is 4.79 Å². The van der Waals surface area contributed by atoms with Crippen molar-refractivity contribution < 1.29 is 14.0 Å². The van der Waals surface area contributed by atoms with Gasteiger partial charge >= 0.3 is 6.03 Å². The van der Waals surface area contributed by atoms with E-state index in [1.807, 2.05) is 6.92 Å². The van der Waals surface area contributed by atoms with Crippen LogP contribution in [0.4, 0.5) is 4.79 Å². The number of imide groups is 1. The maximum atomic E-state index is 12.3. The third-order valence-corrected chi connectivity index (χ3v) is 4.63. The zero-order chi connectivity index (χ0) is 18.2. The second kappa shape index (κ2) is 6.54. The molecule has 1 aromatic heterocycles. The molecule has 0 bridgehead atoms. The van der Waals surface area contributed by atoms with Gasteiger partial charge in [0.2, 0.25) is 0 Å². The first kappa shape index (κ1) is 17.5. The summed E-state index contributed by atoms with van der Waals surface area (Å²) < 4.78 is 5.65. The molecule has 130 valence electrons. The predicted octanol–water partition coefficient (Wildman–Crippen LogP) is 4.31. The van der Waals surface area contributed by atoms with E-state index in [0.29, 0.717) is 33.6 Å². The number of nitrogens with zero attached hydrogens (tertiary/aromatic N) is 2. The monoisotopic (exact) mass is 379 g/mol. The summed E-state index contributed by atoms with van der Waals surface area (Å²) in [6.45, 7) is 3.48. The number of hydrogen-bond donors (Lipinski definition) is 1. The van der Waals surface area contributed by atoms with Crippen molar-refractivity contribution in [3.63, 3.8) is 0 Å². The molecule has 1 atom stereocenters. The molecule has 1 N–H and O–H groups in total. The Hall–Kier alpha value is -2.31. The minimum atomic E-state index is -0.933. The molecule has 1 saturated heterocycles. The molecule has 2 aromatic rings. The Labute approximate surface area is 154 Å². The highest BCUT2D eigenvalue weighted by Gasteiger charge is 2.46. The van der Waals surface area contributed by atoms with E-state index in [1.165, 1.54) is 6.21 Å². The first-order valence-corrected chi connectivity index (χ1v) is 8.35. The van der Waals surface area contributed by atoms with Crippen LogP contribution in [0, 0.1) is 0 Å². The van der Waals surface area contributed by atoms with Gasteiger partial charge < -0.3 is 9.73 Å². The number of amides is 3. The number of halogens is 2. The lowest BCUT2D eigenvalue weighted by Gasteiger charge is -2.17. The summed E-state index contributed by atoms with van der Waals surface area (Å²) in [6.07, 6.45) is 1.78. The van der Waals surface area contributed by atoms with Gasteiger partial charge in [0.05, 0.1) is 11.2 Å². The van der Waals surface area contributed by atoms with Crippen molar-refractivity contribution in [2.75, 3.05) is 0 Å². The number of carbonyl (C=O) groups is 2. The Kier molecular flexibility index (Phi) is 4.58. The Morgan fingerprint density at radius 3 is 2.72 bits per heavy atom. The number of rotatable bonds is 4. The molecule has 0 spiro atoms. The highest BCUT2D eigenvalue weighted by Crippen LogP contribution is 2.31. The Balaban J connectivity index is 1.82. The van der Waals surface area contributed by atoms with Gasteiger partial charge in [-0.05, 0) is 43.7 Å². The second-order valence-corrected chi connectivity index (χ2v) is 6.65. The molecule has 2 heterocycles. The molecule has 1 fully saturated rings. The SMILES string of the molecule is CC[C@]1(C)NC(=O)N(/N=C\c2ccc(-c3cc(Cl)ccc3Cl)o2)C1=O. The molecule has 0 aliphatic carbocycles. The van der Waals surface area contributed by atoms with Crippen LogP contribution in [-0.2, 0) is 4.79 Å². The number of nitrogens with one attached hydrogen (secondary N) is 1. The summed E-state index contributed by atoms with van der Waals surface area (Å²) in [6, 6.07) is 7.85. The van der Waals surface area contributed by atoms with Crippen LogP contribution in [0.2, 0.25) is 10.0 Å². The van der Waals surface area contributed by atoms with Crippen LogP contribution >= 0.6 is 23.2 Å². The second-order valence-electron chi connectivity index (χ2n) is 5.80. The fraction of sp³-hybridized carbons (Fsp3) is 0.235. The van der Waals surface area contributed by atoms with Crippen molar-refractivity contribution in [3.8, 4) is 11.3 Å². The van der Waals surface area contributed by atoms with E-state index in [1.54, 1.807) is 37.3 Å². The zero-order valence-electron chi connectivity index (χ0n) is 13.5. The minimum absolute atomic E-state index is 0.372. The Morgan fingerprint density at radius 2 is 2.04 bits per heavy atom. The van der Waals surface area contributed by atoms with Gasteiger partial charge in [0.1, 0.15) is 17.1 Å². The van der Waals surface area contributed by atoms with Crippen LogP contribution in [0.1, 0.15) is 26.0 Å². The molecule has 8 heteroatoms. The van der Waals surface area contributed by atoms with Crippen molar-refractivity contribution in [3.05, 3.63) is 46.1 Å². The molecule has 1 aromatic carbocycles. The van der Waals surface area contributed by atoms with Crippen molar-refractivity contribution in [1.82, 2.24) is 10.3 Å². The molecule has 3 amide bonds. The van der Waals surface area contributed by atoms with Gasteiger partial charge in [0, 0.05) is 10.6 Å². The summed E-state index contributed by atoms with van der Waals surface area (Å²) in [5, 5.41) is 8.39. The molecule has 3 rings (SSSR count). The van der Waals surface area contributed by atoms with Gasteiger partial charge in [0.25, 0.3) is 5.91 Å². The first-order valence-electron chi connectivity index (χ1n) is 7.60. The van der Waals surface area contributed by atoms with Crippen LogP contribution in [-0.4, -0.2) is 28.7 Å². The smallest absolute Gasteiger partial charge is 0.346 e. The van der Waals surface area contributed by atoms with Gasteiger partial charge in [0.15, 0.2) is 0 Å². The lowest BCUT2D eigenvalue weighted by molar-refractivity contribution is -0.130. The number of hydrazone groups is 1. The molecule has 1 aliphatic heterocycles. The van der Waals surface area contributed by atoms with Crippen molar-refractivity contribution in [2.45, 2.75) is 25.8 Å². The molecule has 1 aliphatic rings. The van der Waals surface area contributed by atoms with Crippen LogP contribution in [0.5, 0.6) is 0 Å². The predicted molar refractivity (Wildman–Crippen MR) is 95.8 cm³/mol. The Morgan fingerprint density at radius 1 is 1.28 bits per heavy atom. The maximum absolute atomic E-state index is 12.3. The fourth-order valence-electron chi connectivity index (χ4n) is 2.38. The molecule has 0 unspecified atom stereocenters. The van der Waals surface area contributed by atoms with E-state index >= 15 is 0 Å². The highest BCUT2D eigenvalue weighted by atomic mass is 35.5. The topological polar surface area (TPSA) is 74.9 Å². The van der Waals surface area contributed by atoms with E-state index in [9.17, 15) is 9.59 Å². The van der Waals surface area contributed by atoms with Crippen LogP contribution in [0.25, 0.3) is 11.3 Å². The number of hydrogen-bond acceptors (Lipinski definition) is 4. The van der Waals surface area contributed by atoms with Crippen LogP contribution in [0.15, 0.2) is 39.9 Å². The third kappa shape index (κ3) is 3.27.